The van der Waals surface area contributed by atoms with Gasteiger partial charge in [-0.05, 0) is 24.6 Å². The summed E-state index contributed by atoms with van der Waals surface area (Å²) in [4.78, 5) is 0. The van der Waals surface area contributed by atoms with Crippen molar-refractivity contribution in [2.24, 2.45) is 0 Å². The summed E-state index contributed by atoms with van der Waals surface area (Å²) in [7, 11) is 0. The number of hydrogen-bond donors (Lipinski definition) is 0. The highest BCUT2D eigenvalue weighted by molar-refractivity contribution is 5.61. The second-order valence-electron chi connectivity index (χ2n) is 2.87. The average molecular weight is 169 g/mol. The second-order valence-corrected chi connectivity index (χ2v) is 2.87. The van der Waals surface area contributed by atoms with E-state index in [1.54, 1.807) is 6.20 Å². The maximum atomic E-state index is 3.91. The fourth-order valence-corrected chi connectivity index (χ4v) is 1.21. The van der Waals surface area contributed by atoms with E-state index in [2.05, 4.69) is 16.3 Å². The largest absolute Gasteiger partial charge is 0.158 e. The monoisotopic (exact) mass is 169 g/mol. The Morgan fingerprint density at radius 1 is 1.15 bits per heavy atom. The van der Waals surface area contributed by atoms with Gasteiger partial charge in [-0.25, -0.2) is 0 Å². The molecule has 13 heavy (non-hydrogen) atoms. The molecule has 63 valence electrons. The normalized spacial score (nSPS) is 9.92. The molecular weight excluding hydrogens is 160 g/mol. The zero-order chi connectivity index (χ0) is 9.10. The van der Waals surface area contributed by atoms with E-state index >= 15 is 0 Å². The second kappa shape index (κ2) is 3.35. The van der Waals surface area contributed by atoms with Crippen molar-refractivity contribution in [3.8, 4) is 11.1 Å². The average Bonchev–Trinajstić information content (AvgIpc) is 2.19. The predicted molar refractivity (Wildman–Crippen MR) is 51.0 cm³/mol. The molecule has 2 rings (SSSR count). The Kier molecular flexibility index (Phi) is 2.04. The van der Waals surface area contributed by atoms with Gasteiger partial charge >= 0.3 is 0 Å². The molecule has 0 bridgehead atoms. The highest BCUT2D eigenvalue weighted by Gasteiger charge is 1.96. The lowest BCUT2D eigenvalue weighted by Gasteiger charge is -1.99. The highest BCUT2D eigenvalue weighted by Crippen LogP contribution is 2.16. The third-order valence-corrected chi connectivity index (χ3v) is 1.83. The Morgan fingerprint density at radius 2 is 1.92 bits per heavy atom. The van der Waals surface area contributed by atoms with Crippen LogP contribution in [0.4, 0.5) is 0 Å². The molecule has 0 unspecified atom stereocenters. The molecule has 0 saturated heterocycles. The fraction of sp³-hybridized carbons (Fsp3) is 0.0909. The van der Waals surface area contributed by atoms with Crippen LogP contribution in [0.5, 0.6) is 0 Å². The minimum atomic E-state index is 0.935. The molecular formula is C11H9N2. The third-order valence-electron chi connectivity index (χ3n) is 1.83. The van der Waals surface area contributed by atoms with Crippen LogP contribution in [-0.2, 0) is 0 Å². The molecule has 1 radical (unpaired) electrons. The minimum Gasteiger partial charge on any atom is -0.158 e. The number of nitrogens with zero attached hydrogens (tertiary/aromatic N) is 2. The van der Waals surface area contributed by atoms with Crippen molar-refractivity contribution in [3.05, 3.63) is 48.3 Å². The summed E-state index contributed by atoms with van der Waals surface area (Å²) < 4.78 is 0. The first-order valence-corrected chi connectivity index (χ1v) is 4.12. The van der Waals surface area contributed by atoms with Crippen LogP contribution in [0.25, 0.3) is 11.1 Å². The molecule has 2 heteroatoms. The lowest BCUT2D eigenvalue weighted by molar-refractivity contribution is 0.983. The molecule has 2 aromatic rings. The van der Waals surface area contributed by atoms with E-state index in [1.807, 2.05) is 37.3 Å². The summed E-state index contributed by atoms with van der Waals surface area (Å²) in [5.74, 6) is 0. The molecule has 0 N–H and O–H groups in total. The van der Waals surface area contributed by atoms with Crippen LogP contribution in [0.3, 0.4) is 0 Å². The number of hydrogen-bond acceptors (Lipinski definition) is 2. The summed E-state index contributed by atoms with van der Waals surface area (Å²) in [5, 5.41) is 7.81. The first-order valence-electron chi connectivity index (χ1n) is 4.12. The van der Waals surface area contributed by atoms with Gasteiger partial charge in [0.15, 0.2) is 0 Å². The summed E-state index contributed by atoms with van der Waals surface area (Å²) in [6, 6.07) is 12.8. The van der Waals surface area contributed by atoms with Crippen LogP contribution in [-0.4, -0.2) is 10.2 Å². The van der Waals surface area contributed by atoms with E-state index in [0.29, 0.717) is 0 Å². The van der Waals surface area contributed by atoms with Crippen LogP contribution in [0.15, 0.2) is 36.5 Å². The number of benzene rings is 1. The van der Waals surface area contributed by atoms with Gasteiger partial charge in [0, 0.05) is 5.56 Å². The van der Waals surface area contributed by atoms with Crippen molar-refractivity contribution < 1.29 is 0 Å². The van der Waals surface area contributed by atoms with E-state index in [0.717, 1.165) is 16.8 Å². The zero-order valence-electron chi connectivity index (χ0n) is 7.36. The summed E-state index contributed by atoms with van der Waals surface area (Å²) in [6.07, 6.45) is 1.77. The zero-order valence-corrected chi connectivity index (χ0v) is 7.36. The predicted octanol–water partition coefficient (Wildman–Crippen LogP) is 2.25. The van der Waals surface area contributed by atoms with E-state index in [-0.39, 0.29) is 0 Å². The molecule has 0 fully saturated rings. The molecule has 1 aromatic carbocycles. The highest BCUT2D eigenvalue weighted by atomic mass is 15.1. The van der Waals surface area contributed by atoms with E-state index in [4.69, 9.17) is 0 Å². The first-order chi connectivity index (χ1) is 6.36. The van der Waals surface area contributed by atoms with Gasteiger partial charge in [-0.2, -0.15) is 10.2 Å². The van der Waals surface area contributed by atoms with Crippen molar-refractivity contribution in [1.82, 2.24) is 10.2 Å². The Labute approximate surface area is 77.3 Å². The molecule has 0 aliphatic carbocycles. The van der Waals surface area contributed by atoms with Crippen LogP contribution in [0.2, 0.25) is 0 Å². The third kappa shape index (κ3) is 1.72. The minimum absolute atomic E-state index is 0.935. The van der Waals surface area contributed by atoms with Gasteiger partial charge < -0.3 is 0 Å². The number of aryl methyl sites for hydroxylation is 1. The molecule has 0 saturated carbocycles. The molecule has 1 heterocycles. The summed E-state index contributed by atoms with van der Waals surface area (Å²) in [6.45, 7) is 1.94. The lowest BCUT2D eigenvalue weighted by Crippen LogP contribution is -1.86. The smallest absolute Gasteiger partial charge is 0.0606 e. The topological polar surface area (TPSA) is 25.8 Å². The Hall–Kier alpha value is -1.70. The van der Waals surface area contributed by atoms with Gasteiger partial charge in [0.1, 0.15) is 0 Å². The van der Waals surface area contributed by atoms with Crippen molar-refractivity contribution in [2.75, 3.05) is 0 Å². The molecule has 2 nitrogen and oxygen atoms in total. The van der Waals surface area contributed by atoms with Crippen LogP contribution in [0.1, 0.15) is 5.69 Å². The van der Waals surface area contributed by atoms with Crippen molar-refractivity contribution in [2.45, 2.75) is 6.92 Å². The summed E-state index contributed by atoms with van der Waals surface area (Å²) >= 11 is 0. The number of aromatic nitrogens is 2. The quantitative estimate of drug-likeness (QED) is 0.654. The van der Waals surface area contributed by atoms with Gasteiger partial charge in [-0.3, -0.25) is 0 Å². The molecule has 0 atom stereocenters. The van der Waals surface area contributed by atoms with Gasteiger partial charge in [0.25, 0.3) is 0 Å². The van der Waals surface area contributed by atoms with Crippen LogP contribution in [0, 0.1) is 13.0 Å². The van der Waals surface area contributed by atoms with Gasteiger partial charge in [0.05, 0.1) is 11.9 Å². The molecule has 0 aliphatic rings. The SMILES string of the molecule is Cc1cc(-c2cc[c]cc2)cnn1. The van der Waals surface area contributed by atoms with Gasteiger partial charge in [-0.1, -0.05) is 24.3 Å². The fourth-order valence-electron chi connectivity index (χ4n) is 1.21. The van der Waals surface area contributed by atoms with Crippen LogP contribution < -0.4 is 0 Å². The summed E-state index contributed by atoms with van der Waals surface area (Å²) in [5.41, 5.74) is 3.18. The Morgan fingerprint density at radius 3 is 2.62 bits per heavy atom. The standard InChI is InChI=1S/C11H9N2/c1-9-7-11(8-12-13-9)10-5-3-2-4-6-10/h3-8H,1H3. The first kappa shape index (κ1) is 7.92. The Balaban J connectivity index is 2.48. The lowest BCUT2D eigenvalue weighted by atomic mass is 10.1. The van der Waals surface area contributed by atoms with Crippen LogP contribution >= 0.6 is 0 Å². The van der Waals surface area contributed by atoms with E-state index in [1.165, 1.54) is 0 Å². The maximum Gasteiger partial charge on any atom is 0.0606 e. The van der Waals surface area contributed by atoms with Crippen molar-refractivity contribution in [3.63, 3.8) is 0 Å². The van der Waals surface area contributed by atoms with E-state index < -0.39 is 0 Å². The van der Waals surface area contributed by atoms with Gasteiger partial charge in [0.2, 0.25) is 0 Å². The van der Waals surface area contributed by atoms with Gasteiger partial charge in [-0.15, -0.1) is 0 Å². The number of rotatable bonds is 1. The molecule has 0 amide bonds. The molecule has 1 aromatic heterocycles. The molecule has 0 aliphatic heterocycles. The van der Waals surface area contributed by atoms with Crippen molar-refractivity contribution >= 4 is 0 Å². The van der Waals surface area contributed by atoms with Crippen molar-refractivity contribution in [1.29, 1.82) is 0 Å². The maximum absolute atomic E-state index is 3.91. The molecule has 0 spiro atoms. The Bertz CT molecular complexity index is 396. The van der Waals surface area contributed by atoms with E-state index in [9.17, 15) is 0 Å².